The van der Waals surface area contributed by atoms with Crippen LogP contribution in [0.5, 0.6) is 0 Å². The number of rotatable bonds is 29. The smallest absolute Gasteiger partial charge is 0.225 e. The molecule has 0 radical (unpaired) electrons. The Morgan fingerprint density at radius 3 is 1.06 bits per heavy atom. The van der Waals surface area contributed by atoms with Crippen LogP contribution in [-0.2, 0) is 4.79 Å². The monoisotopic (exact) mass is 508 g/mol. The SMILES string of the molecule is CCCCCCCCCCCCCCN(CCCCCCCCCCCC)C(=O)C(C)CCCCC. The fourth-order valence-electron chi connectivity index (χ4n) is 5.40. The molecule has 0 aliphatic heterocycles. The van der Waals surface area contributed by atoms with Gasteiger partial charge in [0.2, 0.25) is 5.91 Å². The molecule has 0 N–H and O–H groups in total. The molecule has 36 heavy (non-hydrogen) atoms. The van der Waals surface area contributed by atoms with Crippen LogP contribution in [0.2, 0.25) is 0 Å². The molecule has 0 aromatic carbocycles. The molecule has 2 heteroatoms. The fourth-order valence-corrected chi connectivity index (χ4v) is 5.40. The lowest BCUT2D eigenvalue weighted by atomic mass is 10.0. The second-order valence-corrected chi connectivity index (χ2v) is 11.8. The van der Waals surface area contributed by atoms with Crippen molar-refractivity contribution in [2.24, 2.45) is 5.92 Å². The van der Waals surface area contributed by atoms with Gasteiger partial charge in [-0.15, -0.1) is 0 Å². The number of hydrogen-bond acceptors (Lipinski definition) is 1. The number of carbonyl (C=O) groups excluding carboxylic acids is 1. The molecule has 216 valence electrons. The van der Waals surface area contributed by atoms with Crippen molar-refractivity contribution in [1.29, 1.82) is 0 Å². The lowest BCUT2D eigenvalue weighted by molar-refractivity contribution is -0.135. The first-order chi connectivity index (χ1) is 17.7. The summed E-state index contributed by atoms with van der Waals surface area (Å²) in [5.41, 5.74) is 0. The zero-order valence-corrected chi connectivity index (χ0v) is 25.7. The van der Waals surface area contributed by atoms with E-state index in [2.05, 4.69) is 32.6 Å². The molecule has 0 aromatic rings. The highest BCUT2D eigenvalue weighted by Crippen LogP contribution is 2.17. The average Bonchev–Trinajstić information content (AvgIpc) is 2.88. The molecule has 0 saturated heterocycles. The fraction of sp³-hybridized carbons (Fsp3) is 0.971. The zero-order valence-electron chi connectivity index (χ0n) is 25.7. The number of unbranched alkanes of at least 4 members (excludes halogenated alkanes) is 22. The van der Waals surface area contributed by atoms with Gasteiger partial charge in [-0.1, -0.05) is 175 Å². The Morgan fingerprint density at radius 1 is 0.444 bits per heavy atom. The summed E-state index contributed by atoms with van der Waals surface area (Å²) in [7, 11) is 0. The molecule has 0 heterocycles. The Labute approximate surface area is 229 Å². The lowest BCUT2D eigenvalue weighted by Crippen LogP contribution is -2.36. The van der Waals surface area contributed by atoms with Gasteiger partial charge in [0.1, 0.15) is 0 Å². The third-order valence-corrected chi connectivity index (χ3v) is 8.04. The number of amides is 1. The van der Waals surface area contributed by atoms with Crippen LogP contribution in [0.25, 0.3) is 0 Å². The summed E-state index contributed by atoms with van der Waals surface area (Å²) in [6.07, 6.45) is 34.9. The van der Waals surface area contributed by atoms with E-state index in [1.165, 1.54) is 161 Å². The number of hydrogen-bond donors (Lipinski definition) is 0. The molecule has 0 aliphatic rings. The van der Waals surface area contributed by atoms with Gasteiger partial charge in [-0.05, 0) is 19.3 Å². The van der Waals surface area contributed by atoms with Gasteiger partial charge in [0.15, 0.2) is 0 Å². The van der Waals surface area contributed by atoms with Crippen molar-refractivity contribution in [3.05, 3.63) is 0 Å². The first-order valence-electron chi connectivity index (χ1n) is 17.0. The Hall–Kier alpha value is -0.530. The van der Waals surface area contributed by atoms with Gasteiger partial charge in [0, 0.05) is 19.0 Å². The van der Waals surface area contributed by atoms with Gasteiger partial charge < -0.3 is 4.90 Å². The van der Waals surface area contributed by atoms with Gasteiger partial charge in [-0.3, -0.25) is 4.79 Å². The van der Waals surface area contributed by atoms with Gasteiger partial charge in [0.25, 0.3) is 0 Å². The average molecular weight is 508 g/mol. The Bertz CT molecular complexity index is 435. The van der Waals surface area contributed by atoms with E-state index in [4.69, 9.17) is 0 Å². The topological polar surface area (TPSA) is 20.3 Å². The van der Waals surface area contributed by atoms with Crippen LogP contribution in [0.15, 0.2) is 0 Å². The highest BCUT2D eigenvalue weighted by atomic mass is 16.2. The Balaban J connectivity index is 4.06. The van der Waals surface area contributed by atoms with Crippen molar-refractivity contribution in [3.8, 4) is 0 Å². The molecule has 0 bridgehead atoms. The van der Waals surface area contributed by atoms with Crippen molar-refractivity contribution < 1.29 is 4.79 Å². The molecule has 1 amide bonds. The van der Waals surface area contributed by atoms with Crippen molar-refractivity contribution >= 4 is 5.91 Å². The zero-order chi connectivity index (χ0) is 26.5. The maximum atomic E-state index is 13.2. The van der Waals surface area contributed by atoms with Crippen LogP contribution >= 0.6 is 0 Å². The highest BCUT2D eigenvalue weighted by molar-refractivity contribution is 5.78. The summed E-state index contributed by atoms with van der Waals surface area (Å²) in [5, 5.41) is 0. The summed E-state index contributed by atoms with van der Waals surface area (Å²) < 4.78 is 0. The summed E-state index contributed by atoms with van der Waals surface area (Å²) in [6, 6.07) is 0. The maximum Gasteiger partial charge on any atom is 0.225 e. The second kappa shape index (κ2) is 29.0. The lowest BCUT2D eigenvalue weighted by Gasteiger charge is -2.26. The van der Waals surface area contributed by atoms with Crippen LogP contribution in [0.4, 0.5) is 0 Å². The highest BCUT2D eigenvalue weighted by Gasteiger charge is 2.19. The van der Waals surface area contributed by atoms with E-state index in [9.17, 15) is 4.79 Å². The van der Waals surface area contributed by atoms with E-state index >= 15 is 0 Å². The quantitative estimate of drug-likeness (QED) is 0.0921. The van der Waals surface area contributed by atoms with Gasteiger partial charge in [0.05, 0.1) is 0 Å². The Morgan fingerprint density at radius 2 is 0.722 bits per heavy atom. The molecule has 2 nitrogen and oxygen atoms in total. The minimum atomic E-state index is 0.206. The molecule has 0 spiro atoms. The van der Waals surface area contributed by atoms with Crippen LogP contribution in [0.1, 0.15) is 195 Å². The minimum absolute atomic E-state index is 0.206. The predicted molar refractivity (Wildman–Crippen MR) is 163 cm³/mol. The summed E-state index contributed by atoms with van der Waals surface area (Å²) in [6.45, 7) is 11.0. The minimum Gasteiger partial charge on any atom is -0.342 e. The molecule has 1 atom stereocenters. The maximum absolute atomic E-state index is 13.2. The predicted octanol–water partition coefficient (Wildman–Crippen LogP) is 11.7. The van der Waals surface area contributed by atoms with Crippen molar-refractivity contribution in [2.45, 2.75) is 195 Å². The van der Waals surface area contributed by atoms with Crippen molar-refractivity contribution in [3.63, 3.8) is 0 Å². The van der Waals surface area contributed by atoms with Gasteiger partial charge in [-0.2, -0.15) is 0 Å². The Kier molecular flexibility index (Phi) is 28.6. The summed E-state index contributed by atoms with van der Waals surface area (Å²) in [5.74, 6) is 0.641. The van der Waals surface area contributed by atoms with E-state index in [1.54, 1.807) is 0 Å². The third kappa shape index (κ3) is 23.8. The van der Waals surface area contributed by atoms with E-state index in [0.29, 0.717) is 5.91 Å². The first kappa shape index (κ1) is 35.5. The van der Waals surface area contributed by atoms with Gasteiger partial charge in [-0.25, -0.2) is 0 Å². The molecule has 0 aromatic heterocycles. The standard InChI is InChI=1S/C34H69NO/c1-5-8-11-13-15-17-19-20-22-24-26-29-32-35(34(36)33(4)30-27-10-7-3)31-28-25-23-21-18-16-14-12-9-6-2/h33H,5-32H2,1-4H3. The van der Waals surface area contributed by atoms with Crippen LogP contribution in [0, 0.1) is 5.92 Å². The third-order valence-electron chi connectivity index (χ3n) is 8.04. The normalized spacial score (nSPS) is 12.2. The van der Waals surface area contributed by atoms with E-state index < -0.39 is 0 Å². The summed E-state index contributed by atoms with van der Waals surface area (Å²) in [4.78, 5) is 15.4. The van der Waals surface area contributed by atoms with Crippen LogP contribution in [-0.4, -0.2) is 23.9 Å². The molecule has 0 saturated carbocycles. The molecule has 1 unspecified atom stereocenters. The number of nitrogens with zero attached hydrogens (tertiary/aromatic N) is 1. The van der Waals surface area contributed by atoms with Crippen molar-refractivity contribution in [2.75, 3.05) is 13.1 Å². The molecule has 0 rings (SSSR count). The van der Waals surface area contributed by atoms with E-state index in [0.717, 1.165) is 19.5 Å². The molecular formula is C34H69NO. The molecule has 0 aliphatic carbocycles. The summed E-state index contributed by atoms with van der Waals surface area (Å²) >= 11 is 0. The molecule has 0 fully saturated rings. The largest absolute Gasteiger partial charge is 0.342 e. The number of carbonyl (C=O) groups is 1. The van der Waals surface area contributed by atoms with E-state index in [-0.39, 0.29) is 5.92 Å². The van der Waals surface area contributed by atoms with Gasteiger partial charge >= 0.3 is 0 Å². The molecular weight excluding hydrogens is 438 g/mol. The van der Waals surface area contributed by atoms with Crippen LogP contribution < -0.4 is 0 Å². The first-order valence-corrected chi connectivity index (χ1v) is 17.0. The van der Waals surface area contributed by atoms with Crippen LogP contribution in [0.3, 0.4) is 0 Å². The van der Waals surface area contributed by atoms with E-state index in [1.807, 2.05) is 0 Å². The van der Waals surface area contributed by atoms with Crippen molar-refractivity contribution in [1.82, 2.24) is 4.90 Å². The second-order valence-electron chi connectivity index (χ2n) is 11.8.